The highest BCUT2D eigenvalue weighted by molar-refractivity contribution is 8.00. The molecule has 2 heterocycles. The van der Waals surface area contributed by atoms with E-state index in [1.807, 2.05) is 0 Å². The molecular weight excluding hydrogens is 280 g/mol. The summed E-state index contributed by atoms with van der Waals surface area (Å²) in [4.78, 5) is 2.51. The van der Waals surface area contributed by atoms with Crippen LogP contribution in [-0.4, -0.2) is 35.0 Å². The van der Waals surface area contributed by atoms with E-state index in [4.69, 9.17) is 10.2 Å². The fourth-order valence-electron chi connectivity index (χ4n) is 3.26. The summed E-state index contributed by atoms with van der Waals surface area (Å²) in [5.74, 6) is 4.85. The van der Waals surface area contributed by atoms with Crippen LogP contribution in [0.3, 0.4) is 0 Å². The van der Waals surface area contributed by atoms with Crippen molar-refractivity contribution < 1.29 is 4.42 Å². The Morgan fingerprint density at radius 1 is 1.43 bits per heavy atom. The Kier molecular flexibility index (Phi) is 4.40. The van der Waals surface area contributed by atoms with Crippen molar-refractivity contribution in [1.29, 1.82) is 0 Å². The molecule has 118 valence electrons. The first-order valence-electron chi connectivity index (χ1n) is 8.18. The number of nitrogens with two attached hydrogens (primary N) is 1. The molecule has 2 aliphatic rings. The Balaban J connectivity index is 1.70. The molecule has 1 aliphatic heterocycles. The van der Waals surface area contributed by atoms with Crippen molar-refractivity contribution in [2.24, 2.45) is 11.7 Å². The van der Waals surface area contributed by atoms with Crippen LogP contribution in [-0.2, 0) is 0 Å². The van der Waals surface area contributed by atoms with Crippen LogP contribution in [0.5, 0.6) is 0 Å². The first-order chi connectivity index (χ1) is 10.00. The first-order valence-corrected chi connectivity index (χ1v) is 9.16. The van der Waals surface area contributed by atoms with Crippen molar-refractivity contribution in [3.63, 3.8) is 0 Å². The molecule has 3 unspecified atom stereocenters. The molecule has 4 heteroatoms. The average molecular weight is 308 g/mol. The molecule has 1 aromatic rings. The summed E-state index contributed by atoms with van der Waals surface area (Å²) in [6, 6.07) is 4.56. The first kappa shape index (κ1) is 15.4. The Morgan fingerprint density at radius 2 is 2.19 bits per heavy atom. The molecule has 3 nitrogen and oxygen atoms in total. The maximum atomic E-state index is 6.15. The number of thioether (sulfide) groups is 1. The molecule has 21 heavy (non-hydrogen) atoms. The van der Waals surface area contributed by atoms with Gasteiger partial charge in [0.25, 0.3) is 0 Å². The largest absolute Gasteiger partial charge is 0.464 e. The highest BCUT2D eigenvalue weighted by Crippen LogP contribution is 2.47. The van der Waals surface area contributed by atoms with Gasteiger partial charge in [-0.05, 0) is 30.9 Å². The molecule has 0 aromatic carbocycles. The maximum absolute atomic E-state index is 6.15. The summed E-state index contributed by atoms with van der Waals surface area (Å²) in [6.45, 7) is 9.83. The second-order valence-electron chi connectivity index (χ2n) is 7.21. The molecular formula is C17H28N2OS. The van der Waals surface area contributed by atoms with Gasteiger partial charge in [-0.2, -0.15) is 11.8 Å². The lowest BCUT2D eigenvalue weighted by Crippen LogP contribution is -2.35. The van der Waals surface area contributed by atoms with E-state index in [-0.39, 0.29) is 6.04 Å². The van der Waals surface area contributed by atoms with E-state index in [1.165, 1.54) is 24.4 Å². The maximum Gasteiger partial charge on any atom is 0.122 e. The van der Waals surface area contributed by atoms with Crippen molar-refractivity contribution in [2.45, 2.75) is 50.3 Å². The van der Waals surface area contributed by atoms with Crippen LogP contribution in [0.4, 0.5) is 0 Å². The lowest BCUT2D eigenvalue weighted by atomic mass is 10.1. The summed E-state index contributed by atoms with van der Waals surface area (Å²) < 4.78 is 6.53. The zero-order valence-corrected chi connectivity index (χ0v) is 14.3. The molecule has 1 aromatic heterocycles. The predicted octanol–water partition coefficient (Wildman–Crippen LogP) is 3.62. The van der Waals surface area contributed by atoms with Gasteiger partial charge in [-0.25, -0.2) is 0 Å². The summed E-state index contributed by atoms with van der Waals surface area (Å²) in [6.07, 6.45) is 2.48. The van der Waals surface area contributed by atoms with E-state index in [2.05, 4.69) is 49.6 Å². The third-order valence-corrected chi connectivity index (χ3v) is 6.36. The summed E-state index contributed by atoms with van der Waals surface area (Å²) >= 11 is 2.08. The van der Waals surface area contributed by atoms with Crippen molar-refractivity contribution in [1.82, 2.24) is 4.90 Å². The number of rotatable bonds is 4. The smallest absolute Gasteiger partial charge is 0.122 e. The van der Waals surface area contributed by atoms with Crippen LogP contribution in [0.25, 0.3) is 0 Å². The van der Waals surface area contributed by atoms with E-state index in [1.54, 1.807) is 0 Å². The van der Waals surface area contributed by atoms with Gasteiger partial charge in [-0.1, -0.05) is 20.8 Å². The van der Waals surface area contributed by atoms with Crippen LogP contribution in [0, 0.1) is 5.92 Å². The van der Waals surface area contributed by atoms with Crippen LogP contribution >= 0.6 is 11.8 Å². The third kappa shape index (κ3) is 3.49. The number of hydrogen-bond donors (Lipinski definition) is 1. The van der Waals surface area contributed by atoms with Crippen LogP contribution in [0.2, 0.25) is 0 Å². The number of nitrogens with zero attached hydrogens (tertiary/aromatic N) is 1. The van der Waals surface area contributed by atoms with E-state index >= 15 is 0 Å². The predicted molar refractivity (Wildman–Crippen MR) is 89.8 cm³/mol. The van der Waals surface area contributed by atoms with Gasteiger partial charge in [0.2, 0.25) is 0 Å². The molecule has 3 atom stereocenters. The van der Waals surface area contributed by atoms with Crippen molar-refractivity contribution in [3.8, 4) is 0 Å². The van der Waals surface area contributed by atoms with Gasteiger partial charge in [0, 0.05) is 36.1 Å². The van der Waals surface area contributed by atoms with Gasteiger partial charge in [0.05, 0.1) is 6.04 Å². The molecule has 1 saturated carbocycles. The quantitative estimate of drug-likeness (QED) is 0.922. The van der Waals surface area contributed by atoms with Gasteiger partial charge in [0.15, 0.2) is 0 Å². The van der Waals surface area contributed by atoms with Crippen molar-refractivity contribution >= 4 is 11.8 Å². The minimum atomic E-state index is 0.238. The normalized spacial score (nSPS) is 30.9. The molecule has 0 spiro atoms. The lowest BCUT2D eigenvalue weighted by molar-refractivity contribution is 0.185. The Hall–Kier alpha value is -0.450. The SMILES string of the molecule is CC1CC1c1ccc(C(CN)N2CCSC(C)(C)CC2)o1. The van der Waals surface area contributed by atoms with Gasteiger partial charge >= 0.3 is 0 Å². The Labute approximate surface area is 132 Å². The Morgan fingerprint density at radius 3 is 2.86 bits per heavy atom. The monoisotopic (exact) mass is 308 g/mol. The second-order valence-corrected chi connectivity index (χ2v) is 9.01. The molecule has 0 bridgehead atoms. The Bertz CT molecular complexity index is 485. The summed E-state index contributed by atoms with van der Waals surface area (Å²) in [5.41, 5.74) is 6.07. The topological polar surface area (TPSA) is 42.4 Å². The molecule has 0 amide bonds. The van der Waals surface area contributed by atoms with Crippen molar-refractivity contribution in [3.05, 3.63) is 23.7 Å². The molecule has 2 fully saturated rings. The second kappa shape index (κ2) is 5.98. The molecule has 3 rings (SSSR count). The minimum absolute atomic E-state index is 0.238. The number of hydrogen-bond acceptors (Lipinski definition) is 4. The molecule has 2 N–H and O–H groups in total. The fourth-order valence-corrected chi connectivity index (χ4v) is 4.37. The van der Waals surface area contributed by atoms with Gasteiger partial charge in [-0.15, -0.1) is 0 Å². The molecule has 1 saturated heterocycles. The summed E-state index contributed by atoms with van der Waals surface area (Å²) in [7, 11) is 0. The van der Waals surface area contributed by atoms with E-state index < -0.39 is 0 Å². The van der Waals surface area contributed by atoms with E-state index in [0.717, 1.165) is 24.8 Å². The summed E-state index contributed by atoms with van der Waals surface area (Å²) in [5, 5.41) is 0. The zero-order chi connectivity index (χ0) is 15.0. The highest BCUT2D eigenvalue weighted by atomic mass is 32.2. The van der Waals surface area contributed by atoms with Crippen LogP contribution in [0.1, 0.15) is 57.1 Å². The minimum Gasteiger partial charge on any atom is -0.464 e. The van der Waals surface area contributed by atoms with E-state index in [9.17, 15) is 0 Å². The van der Waals surface area contributed by atoms with Crippen molar-refractivity contribution in [2.75, 3.05) is 25.4 Å². The number of furan rings is 1. The zero-order valence-electron chi connectivity index (χ0n) is 13.5. The van der Waals surface area contributed by atoms with Crippen LogP contribution in [0.15, 0.2) is 16.5 Å². The molecule has 1 aliphatic carbocycles. The molecule has 0 radical (unpaired) electrons. The lowest BCUT2D eigenvalue weighted by Gasteiger charge is -2.28. The van der Waals surface area contributed by atoms with E-state index in [0.29, 0.717) is 17.2 Å². The fraction of sp³-hybridized carbons (Fsp3) is 0.765. The average Bonchev–Trinajstić information content (AvgIpc) is 3.02. The van der Waals surface area contributed by atoms with Gasteiger partial charge in [0.1, 0.15) is 11.5 Å². The standard InChI is InChI=1S/C17H28N2OS/c1-12-10-13(12)15-4-5-16(20-15)14(11-18)19-7-6-17(2,3)21-9-8-19/h4-5,12-14H,6-11,18H2,1-3H3. The highest BCUT2D eigenvalue weighted by Gasteiger charge is 2.37. The van der Waals surface area contributed by atoms with Gasteiger partial charge in [-0.3, -0.25) is 4.90 Å². The third-order valence-electron chi connectivity index (χ3n) is 4.99. The van der Waals surface area contributed by atoms with Crippen LogP contribution < -0.4 is 5.73 Å². The van der Waals surface area contributed by atoms with Gasteiger partial charge < -0.3 is 10.2 Å².